The van der Waals surface area contributed by atoms with Crippen LogP contribution in [0.3, 0.4) is 0 Å². The highest BCUT2D eigenvalue weighted by Crippen LogP contribution is 2.15. The molecule has 0 fully saturated rings. The van der Waals surface area contributed by atoms with Gasteiger partial charge in [-0.15, -0.1) is 0 Å². The predicted octanol–water partition coefficient (Wildman–Crippen LogP) is 10.9. The Bertz CT molecular complexity index is 314. The van der Waals surface area contributed by atoms with Crippen LogP contribution in [0, 0.1) is 6.58 Å². The molecule has 0 aromatic heterocycles. The van der Waals surface area contributed by atoms with Crippen LogP contribution in [0.5, 0.6) is 0 Å². The van der Waals surface area contributed by atoms with Gasteiger partial charge in [0, 0.05) is 0 Å². The molecule has 0 aliphatic rings. The Labute approximate surface area is 186 Å². The average Bonchev–Trinajstić information content (AvgIpc) is 2.74. The lowest BCUT2D eigenvalue weighted by atomic mass is 10.0. The molecule has 0 aliphatic carbocycles. The minimum atomic E-state index is 1.19. The van der Waals surface area contributed by atoms with Gasteiger partial charge in [0.2, 0.25) is 0 Å². The third-order valence-corrected chi connectivity index (χ3v) is 6.22. The fraction of sp³-hybridized carbons (Fsp3) is 0.862. The van der Waals surface area contributed by atoms with Crippen molar-refractivity contribution in [2.24, 2.45) is 0 Å². The van der Waals surface area contributed by atoms with E-state index < -0.39 is 0 Å². The van der Waals surface area contributed by atoms with Crippen molar-refractivity contribution < 1.29 is 0 Å². The third-order valence-electron chi connectivity index (χ3n) is 6.22. The van der Waals surface area contributed by atoms with E-state index in [1.54, 1.807) is 6.08 Å². The number of hydrogen-bond donors (Lipinski definition) is 0. The lowest BCUT2D eigenvalue weighted by Gasteiger charge is -2.04. The summed E-state index contributed by atoms with van der Waals surface area (Å²) in [6.07, 6.45) is 40.4. The normalized spacial score (nSPS) is 11.5. The smallest absolute Gasteiger partial charge is 0.0348 e. The Morgan fingerprint density at radius 1 is 0.414 bits per heavy atom. The molecule has 0 saturated heterocycles. The quantitative estimate of drug-likeness (QED) is 0.105. The first-order valence-electron chi connectivity index (χ1n) is 13.6. The first kappa shape index (κ1) is 28.5. The van der Waals surface area contributed by atoms with Gasteiger partial charge in [0.1, 0.15) is 0 Å². The van der Waals surface area contributed by atoms with Crippen LogP contribution in [0.4, 0.5) is 0 Å². The molecule has 0 atom stereocenters. The summed E-state index contributed by atoms with van der Waals surface area (Å²) in [6, 6.07) is 0. The number of hydrogen-bond acceptors (Lipinski definition) is 0. The highest BCUT2D eigenvalue weighted by atomic mass is 14.0. The molecule has 1 radical (unpaired) electrons. The van der Waals surface area contributed by atoms with E-state index in [1.807, 2.05) is 6.08 Å². The first-order valence-corrected chi connectivity index (χ1v) is 13.6. The summed E-state index contributed by atoms with van der Waals surface area (Å²) < 4.78 is 0. The van der Waals surface area contributed by atoms with Crippen molar-refractivity contribution in [1.82, 2.24) is 0 Å². The highest BCUT2D eigenvalue weighted by Gasteiger charge is 1.95. The maximum absolute atomic E-state index is 5.32. The van der Waals surface area contributed by atoms with Crippen molar-refractivity contribution in [1.29, 1.82) is 0 Å². The van der Waals surface area contributed by atoms with Gasteiger partial charge in [0.05, 0.1) is 0 Å². The fourth-order valence-corrected chi connectivity index (χ4v) is 4.22. The van der Waals surface area contributed by atoms with E-state index in [0.29, 0.717) is 0 Å². The summed E-state index contributed by atoms with van der Waals surface area (Å²) in [5, 5.41) is 0. The van der Waals surface area contributed by atoms with E-state index in [9.17, 15) is 0 Å². The maximum Gasteiger partial charge on any atom is -0.0348 e. The maximum atomic E-state index is 5.32. The highest BCUT2D eigenvalue weighted by molar-refractivity contribution is 4.95. The molecule has 0 aliphatic heterocycles. The largest absolute Gasteiger partial charge is 0.0845 e. The molecule has 0 amide bonds. The molecule has 0 nitrogen and oxygen atoms in total. The van der Waals surface area contributed by atoms with Crippen molar-refractivity contribution in [2.45, 2.75) is 161 Å². The van der Waals surface area contributed by atoms with Gasteiger partial charge < -0.3 is 0 Å². The molecule has 0 spiro atoms. The number of rotatable bonds is 25. The lowest BCUT2D eigenvalue weighted by Crippen LogP contribution is -1.84. The van der Waals surface area contributed by atoms with Crippen LogP contribution >= 0.6 is 0 Å². The zero-order valence-electron chi connectivity index (χ0n) is 20.3. The summed E-state index contributed by atoms with van der Waals surface area (Å²) in [6.45, 7) is 7.62. The van der Waals surface area contributed by atoms with Gasteiger partial charge in [-0.3, -0.25) is 0 Å². The van der Waals surface area contributed by atoms with E-state index in [-0.39, 0.29) is 0 Å². The molecule has 0 rings (SSSR count). The molecule has 0 unspecified atom stereocenters. The zero-order chi connectivity index (χ0) is 21.1. The van der Waals surface area contributed by atoms with E-state index in [4.69, 9.17) is 6.58 Å². The monoisotopic (exact) mass is 403 g/mol. The van der Waals surface area contributed by atoms with Gasteiger partial charge in [-0.1, -0.05) is 173 Å². The van der Waals surface area contributed by atoms with Gasteiger partial charge in [-0.05, 0) is 12.8 Å². The minimum absolute atomic E-state index is 1.19. The summed E-state index contributed by atoms with van der Waals surface area (Å²) in [5.74, 6) is 0. The molecular formula is C29H55. The van der Waals surface area contributed by atoms with Gasteiger partial charge >= 0.3 is 0 Å². The molecule has 0 aromatic rings. The molecule has 0 aromatic carbocycles. The second kappa shape index (κ2) is 27.5. The Morgan fingerprint density at radius 3 is 0.966 bits per heavy atom. The van der Waals surface area contributed by atoms with Crippen molar-refractivity contribution in [3.8, 4) is 0 Å². The van der Waals surface area contributed by atoms with E-state index in [1.165, 1.54) is 154 Å². The van der Waals surface area contributed by atoms with Gasteiger partial charge in [-0.2, -0.15) is 0 Å². The molecular weight excluding hydrogens is 348 g/mol. The molecule has 0 bridgehead atoms. The Hall–Kier alpha value is -0.520. The van der Waals surface area contributed by atoms with Gasteiger partial charge in [-0.25, -0.2) is 0 Å². The van der Waals surface area contributed by atoms with Crippen LogP contribution in [-0.2, 0) is 0 Å². The Kier molecular flexibility index (Phi) is 27.0. The summed E-state index contributed by atoms with van der Waals surface area (Å²) in [4.78, 5) is 0. The minimum Gasteiger partial charge on any atom is -0.0845 e. The molecule has 0 saturated carbocycles. The van der Waals surface area contributed by atoms with E-state index in [2.05, 4.69) is 13.0 Å². The second-order valence-electron chi connectivity index (χ2n) is 9.19. The summed E-state index contributed by atoms with van der Waals surface area (Å²) in [5.41, 5.74) is 0. The first-order chi connectivity index (χ1) is 14.4. The Morgan fingerprint density at radius 2 is 0.690 bits per heavy atom. The standard InChI is InChI=1S/C29H55/c1-3-5-7-9-11-13-15-17-19-21-23-25-27-29-28-26-24-22-20-18-16-14-12-10-8-6-4-2/h1,3,5,7H,4,6,8-29H2,2H3/b3-1?,7-5+. The SMILES string of the molecule is [CH]=C/C=C/CCCCCCCCCCCCCCCCCCCCCCCCC. The lowest BCUT2D eigenvalue weighted by molar-refractivity contribution is 0.518. The topological polar surface area (TPSA) is 0 Å². The van der Waals surface area contributed by atoms with Crippen LogP contribution in [0.25, 0.3) is 0 Å². The predicted molar refractivity (Wildman–Crippen MR) is 134 cm³/mol. The van der Waals surface area contributed by atoms with Crippen LogP contribution in [0.2, 0.25) is 0 Å². The van der Waals surface area contributed by atoms with Crippen molar-refractivity contribution in [2.75, 3.05) is 0 Å². The fourth-order valence-electron chi connectivity index (χ4n) is 4.22. The molecule has 171 valence electrons. The number of allylic oxidation sites excluding steroid dienone is 3. The second-order valence-corrected chi connectivity index (χ2v) is 9.19. The van der Waals surface area contributed by atoms with Gasteiger partial charge in [0.25, 0.3) is 0 Å². The van der Waals surface area contributed by atoms with Crippen LogP contribution in [-0.4, -0.2) is 0 Å². The van der Waals surface area contributed by atoms with Crippen molar-refractivity contribution in [3.63, 3.8) is 0 Å². The van der Waals surface area contributed by atoms with E-state index >= 15 is 0 Å². The summed E-state index contributed by atoms with van der Waals surface area (Å²) in [7, 11) is 0. The average molecular weight is 404 g/mol. The number of unbranched alkanes of at least 4 members (excludes halogenated alkanes) is 23. The van der Waals surface area contributed by atoms with Crippen molar-refractivity contribution >= 4 is 0 Å². The molecule has 0 heterocycles. The van der Waals surface area contributed by atoms with Crippen molar-refractivity contribution in [3.05, 3.63) is 24.8 Å². The van der Waals surface area contributed by atoms with Crippen LogP contribution in [0.15, 0.2) is 18.2 Å². The third kappa shape index (κ3) is 27.5. The van der Waals surface area contributed by atoms with Crippen LogP contribution < -0.4 is 0 Å². The zero-order valence-corrected chi connectivity index (χ0v) is 20.3. The van der Waals surface area contributed by atoms with Gasteiger partial charge in [0.15, 0.2) is 0 Å². The van der Waals surface area contributed by atoms with E-state index in [0.717, 1.165) is 0 Å². The molecule has 0 heteroatoms. The Balaban J connectivity index is 3.00. The molecule has 29 heavy (non-hydrogen) atoms. The summed E-state index contributed by atoms with van der Waals surface area (Å²) >= 11 is 0. The van der Waals surface area contributed by atoms with Crippen LogP contribution in [0.1, 0.15) is 161 Å². The molecule has 0 N–H and O–H groups in total.